The van der Waals surface area contributed by atoms with Crippen LogP contribution in [0.4, 0.5) is 0 Å². The first-order chi connectivity index (χ1) is 9.56. The van der Waals surface area contributed by atoms with Crippen molar-refractivity contribution in [3.05, 3.63) is 51.5 Å². The first-order valence-electron chi connectivity index (χ1n) is 6.96. The quantitative estimate of drug-likeness (QED) is 0.887. The Balaban J connectivity index is 1.82. The molecule has 4 heteroatoms. The van der Waals surface area contributed by atoms with E-state index in [4.69, 9.17) is 5.73 Å². The van der Waals surface area contributed by atoms with Crippen LogP contribution >= 0.6 is 11.3 Å². The molecule has 2 N–H and O–H groups in total. The zero-order valence-electron chi connectivity index (χ0n) is 12.5. The zero-order chi connectivity index (χ0) is 14.5. The maximum Gasteiger partial charge on any atom is 0.0798 e. The Morgan fingerprint density at radius 1 is 1.25 bits per heavy atom. The summed E-state index contributed by atoms with van der Waals surface area (Å²) in [4.78, 5) is 7.95. The molecule has 0 aliphatic rings. The summed E-state index contributed by atoms with van der Waals surface area (Å²) in [7, 11) is 2.14. The molecule has 0 aliphatic carbocycles. The maximum absolute atomic E-state index is 6.26. The summed E-state index contributed by atoms with van der Waals surface area (Å²) in [5.41, 5.74) is 11.8. The molecule has 1 unspecified atom stereocenters. The second-order valence-electron chi connectivity index (χ2n) is 5.40. The molecule has 3 nitrogen and oxygen atoms in total. The number of hydrogen-bond donors (Lipinski definition) is 1. The van der Waals surface area contributed by atoms with E-state index in [1.807, 2.05) is 5.51 Å². The predicted molar refractivity (Wildman–Crippen MR) is 85.9 cm³/mol. The Kier molecular flexibility index (Phi) is 5.29. The highest BCUT2D eigenvalue weighted by Crippen LogP contribution is 2.17. The lowest BCUT2D eigenvalue weighted by atomic mass is 10.0. The zero-order valence-corrected chi connectivity index (χ0v) is 13.3. The van der Waals surface area contributed by atoms with Gasteiger partial charge < -0.3 is 10.6 Å². The van der Waals surface area contributed by atoms with Crippen molar-refractivity contribution in [2.45, 2.75) is 32.9 Å². The van der Waals surface area contributed by atoms with E-state index in [0.717, 1.165) is 25.2 Å². The molecular weight excluding hydrogens is 266 g/mol. The van der Waals surface area contributed by atoms with Gasteiger partial charge in [-0.2, -0.15) is 0 Å². The average molecular weight is 289 g/mol. The average Bonchev–Trinajstić information content (AvgIpc) is 2.82. The van der Waals surface area contributed by atoms with Crippen molar-refractivity contribution < 1.29 is 0 Å². The molecule has 0 saturated carbocycles. The molecule has 1 aromatic carbocycles. The molecule has 0 aliphatic heterocycles. The predicted octanol–water partition coefficient (Wildman–Crippen LogP) is 3.28. The van der Waals surface area contributed by atoms with Crippen molar-refractivity contribution in [3.8, 4) is 0 Å². The molecule has 1 aromatic heterocycles. The molecule has 1 heterocycles. The third-order valence-corrected chi connectivity index (χ3v) is 4.51. The molecule has 108 valence electrons. The van der Waals surface area contributed by atoms with Crippen LogP contribution in [0.25, 0.3) is 0 Å². The van der Waals surface area contributed by atoms with Crippen LogP contribution in [0.15, 0.2) is 29.8 Å². The van der Waals surface area contributed by atoms with Gasteiger partial charge in [-0.3, -0.25) is 0 Å². The summed E-state index contributed by atoms with van der Waals surface area (Å²) in [6.07, 6.45) is 0.970. The van der Waals surface area contributed by atoms with Crippen molar-refractivity contribution in [3.63, 3.8) is 0 Å². The monoisotopic (exact) mass is 289 g/mol. The first-order valence-corrected chi connectivity index (χ1v) is 7.84. The normalized spacial score (nSPS) is 12.8. The summed E-state index contributed by atoms with van der Waals surface area (Å²) in [5, 5.41) is 0. The van der Waals surface area contributed by atoms with Crippen LogP contribution in [0.5, 0.6) is 0 Å². The van der Waals surface area contributed by atoms with Gasteiger partial charge in [0.25, 0.3) is 0 Å². The third kappa shape index (κ3) is 4.13. The highest BCUT2D eigenvalue weighted by Gasteiger charge is 2.09. The van der Waals surface area contributed by atoms with E-state index in [9.17, 15) is 0 Å². The molecule has 1 atom stereocenters. The van der Waals surface area contributed by atoms with E-state index in [1.165, 1.54) is 16.0 Å². The minimum absolute atomic E-state index is 0.112. The molecule has 0 saturated heterocycles. The van der Waals surface area contributed by atoms with Gasteiger partial charge in [0.2, 0.25) is 0 Å². The van der Waals surface area contributed by atoms with Gasteiger partial charge in [-0.1, -0.05) is 29.8 Å². The van der Waals surface area contributed by atoms with Crippen molar-refractivity contribution in [1.82, 2.24) is 9.88 Å². The molecule has 0 fully saturated rings. The van der Waals surface area contributed by atoms with E-state index < -0.39 is 0 Å². The minimum atomic E-state index is 0.112. The number of aromatic nitrogens is 1. The lowest BCUT2D eigenvalue weighted by molar-refractivity contribution is 0.313. The van der Waals surface area contributed by atoms with Crippen molar-refractivity contribution in [1.29, 1.82) is 0 Å². The molecule has 2 aromatic rings. The number of hydrogen-bond acceptors (Lipinski definition) is 4. The lowest BCUT2D eigenvalue weighted by Gasteiger charge is -2.19. The molecule has 0 spiro atoms. The Labute approximate surface area is 125 Å². The van der Waals surface area contributed by atoms with Gasteiger partial charge >= 0.3 is 0 Å². The van der Waals surface area contributed by atoms with Crippen molar-refractivity contribution >= 4 is 11.3 Å². The number of nitrogens with two attached hydrogens (primary N) is 1. The van der Waals surface area contributed by atoms with Crippen LogP contribution in [0.1, 0.15) is 34.2 Å². The highest BCUT2D eigenvalue weighted by molar-refractivity contribution is 7.09. The number of nitrogens with zero attached hydrogens (tertiary/aromatic N) is 2. The van der Waals surface area contributed by atoms with Gasteiger partial charge in [0, 0.05) is 24.0 Å². The van der Waals surface area contributed by atoms with Crippen molar-refractivity contribution in [2.75, 3.05) is 13.6 Å². The lowest BCUT2D eigenvalue weighted by Crippen LogP contribution is -2.23. The fourth-order valence-electron chi connectivity index (χ4n) is 2.14. The van der Waals surface area contributed by atoms with Gasteiger partial charge in [0.1, 0.15) is 0 Å². The number of aryl methyl sites for hydroxylation is 2. The Morgan fingerprint density at radius 3 is 2.55 bits per heavy atom. The Morgan fingerprint density at radius 2 is 1.95 bits per heavy atom. The molecule has 0 radical (unpaired) electrons. The number of thiazole rings is 1. The highest BCUT2D eigenvalue weighted by atomic mass is 32.1. The van der Waals surface area contributed by atoms with E-state index in [2.05, 4.69) is 55.0 Å². The summed E-state index contributed by atoms with van der Waals surface area (Å²) in [6, 6.07) is 8.63. The van der Waals surface area contributed by atoms with Gasteiger partial charge in [-0.25, -0.2) is 4.98 Å². The summed E-state index contributed by atoms with van der Waals surface area (Å²) in [5.74, 6) is 0. The van der Waals surface area contributed by atoms with Crippen LogP contribution < -0.4 is 5.73 Å². The van der Waals surface area contributed by atoms with Crippen molar-refractivity contribution in [2.24, 2.45) is 5.73 Å². The summed E-state index contributed by atoms with van der Waals surface area (Å²) in [6.45, 7) is 6.11. The van der Waals surface area contributed by atoms with Crippen LogP contribution in [0, 0.1) is 13.8 Å². The largest absolute Gasteiger partial charge is 0.324 e. The molecular formula is C16H23N3S. The van der Waals surface area contributed by atoms with Crippen LogP contribution in [0.3, 0.4) is 0 Å². The van der Waals surface area contributed by atoms with Gasteiger partial charge in [0.05, 0.1) is 11.2 Å². The van der Waals surface area contributed by atoms with E-state index in [-0.39, 0.29) is 6.04 Å². The second kappa shape index (κ2) is 6.97. The smallest absolute Gasteiger partial charge is 0.0798 e. The van der Waals surface area contributed by atoms with Gasteiger partial charge in [-0.15, -0.1) is 11.3 Å². The van der Waals surface area contributed by atoms with Gasteiger partial charge in [0.15, 0.2) is 0 Å². The topological polar surface area (TPSA) is 42.1 Å². The summed E-state index contributed by atoms with van der Waals surface area (Å²) >= 11 is 1.73. The SMILES string of the molecule is Cc1ccc(C(N)CCN(C)Cc2scnc2C)cc1. The van der Waals surface area contributed by atoms with Crippen LogP contribution in [-0.2, 0) is 6.54 Å². The molecule has 0 amide bonds. The Bertz CT molecular complexity index is 533. The fourth-order valence-corrected chi connectivity index (χ4v) is 3.00. The van der Waals surface area contributed by atoms with E-state index in [0.29, 0.717) is 0 Å². The molecule has 0 bridgehead atoms. The summed E-state index contributed by atoms with van der Waals surface area (Å²) < 4.78 is 0. The maximum atomic E-state index is 6.26. The number of rotatable bonds is 6. The molecule has 2 rings (SSSR count). The fraction of sp³-hybridized carbons (Fsp3) is 0.438. The van der Waals surface area contributed by atoms with E-state index >= 15 is 0 Å². The van der Waals surface area contributed by atoms with E-state index in [1.54, 1.807) is 11.3 Å². The van der Waals surface area contributed by atoms with Crippen LogP contribution in [0.2, 0.25) is 0 Å². The second-order valence-corrected chi connectivity index (χ2v) is 6.34. The molecule has 20 heavy (non-hydrogen) atoms. The third-order valence-electron chi connectivity index (χ3n) is 3.59. The van der Waals surface area contributed by atoms with Gasteiger partial charge in [-0.05, 0) is 32.9 Å². The number of benzene rings is 1. The van der Waals surface area contributed by atoms with Crippen LogP contribution in [-0.4, -0.2) is 23.5 Å². The Hall–Kier alpha value is -1.23. The standard InChI is InChI=1S/C16H23N3S/c1-12-4-6-14(7-5-12)15(17)8-9-19(3)10-16-13(2)18-11-20-16/h4-7,11,15H,8-10,17H2,1-3H3. The first kappa shape index (κ1) is 15.2. The minimum Gasteiger partial charge on any atom is -0.324 e.